The molecule has 1 unspecified atom stereocenters. The van der Waals surface area contributed by atoms with Gasteiger partial charge in [0.25, 0.3) is 0 Å². The molecule has 1 fully saturated rings. The molecule has 106 valence electrons. The smallest absolute Gasteiger partial charge is 0.175 e. The van der Waals surface area contributed by atoms with Crippen molar-refractivity contribution in [3.63, 3.8) is 0 Å². The van der Waals surface area contributed by atoms with Gasteiger partial charge in [-0.05, 0) is 53.4 Å². The van der Waals surface area contributed by atoms with Crippen LogP contribution in [-0.4, -0.2) is 31.0 Å². The van der Waals surface area contributed by atoms with E-state index in [4.69, 9.17) is 14.2 Å². The summed E-state index contributed by atoms with van der Waals surface area (Å²) in [6.45, 7) is 3.79. The fourth-order valence-corrected chi connectivity index (χ4v) is 2.67. The van der Waals surface area contributed by atoms with Crippen LogP contribution >= 0.6 is 15.9 Å². The first-order chi connectivity index (χ1) is 9.24. The minimum atomic E-state index is -0.0231. The van der Waals surface area contributed by atoms with E-state index in [1.54, 1.807) is 6.07 Å². The first-order valence-electron chi connectivity index (χ1n) is 6.55. The van der Waals surface area contributed by atoms with Crippen molar-refractivity contribution in [2.75, 3.05) is 19.8 Å². The summed E-state index contributed by atoms with van der Waals surface area (Å²) in [6.07, 6.45) is 2.30. The summed E-state index contributed by atoms with van der Waals surface area (Å²) in [6, 6.07) is 3.65. The number of ether oxygens (including phenoxy) is 3. The minimum Gasteiger partial charge on any atom is -0.490 e. The molecule has 1 aromatic carbocycles. The zero-order chi connectivity index (χ0) is 13.7. The fraction of sp³-hybridized carbons (Fsp3) is 0.571. The van der Waals surface area contributed by atoms with E-state index in [0.29, 0.717) is 24.7 Å². The summed E-state index contributed by atoms with van der Waals surface area (Å²) in [7, 11) is 0. The van der Waals surface area contributed by atoms with E-state index in [2.05, 4.69) is 15.9 Å². The lowest BCUT2D eigenvalue weighted by Crippen LogP contribution is -2.17. The predicted molar refractivity (Wildman–Crippen MR) is 75.7 cm³/mol. The minimum absolute atomic E-state index is 0.0231. The molecule has 1 aliphatic rings. The van der Waals surface area contributed by atoms with Gasteiger partial charge < -0.3 is 19.3 Å². The third-order valence-electron chi connectivity index (χ3n) is 2.99. The van der Waals surface area contributed by atoms with Gasteiger partial charge in [0, 0.05) is 6.61 Å². The van der Waals surface area contributed by atoms with Gasteiger partial charge in [-0.1, -0.05) is 0 Å². The Morgan fingerprint density at radius 2 is 2.26 bits per heavy atom. The molecule has 0 saturated carbocycles. The van der Waals surface area contributed by atoms with Crippen molar-refractivity contribution in [2.45, 2.75) is 32.5 Å². The maximum Gasteiger partial charge on any atom is 0.175 e. The van der Waals surface area contributed by atoms with E-state index >= 15 is 0 Å². The Labute approximate surface area is 121 Å². The zero-order valence-electron chi connectivity index (χ0n) is 11.0. The van der Waals surface area contributed by atoms with Crippen LogP contribution in [0.5, 0.6) is 11.5 Å². The number of aliphatic hydroxyl groups excluding tert-OH is 1. The summed E-state index contributed by atoms with van der Waals surface area (Å²) >= 11 is 3.46. The fourth-order valence-electron chi connectivity index (χ4n) is 2.07. The third kappa shape index (κ3) is 3.84. The van der Waals surface area contributed by atoms with Gasteiger partial charge in [-0.3, -0.25) is 0 Å². The molecular weight excluding hydrogens is 312 g/mol. The SMILES string of the molecule is CCOc1cc(CO)cc(Br)c1OCC1CCCO1. The maximum atomic E-state index is 9.21. The van der Waals surface area contributed by atoms with Crippen LogP contribution in [0.15, 0.2) is 16.6 Å². The Balaban J connectivity index is 2.11. The van der Waals surface area contributed by atoms with Gasteiger partial charge in [0.1, 0.15) is 6.61 Å². The molecule has 0 bridgehead atoms. The highest BCUT2D eigenvalue weighted by molar-refractivity contribution is 9.10. The average Bonchev–Trinajstić information content (AvgIpc) is 2.91. The monoisotopic (exact) mass is 330 g/mol. The van der Waals surface area contributed by atoms with Crippen LogP contribution in [0, 0.1) is 0 Å². The normalized spacial score (nSPS) is 18.6. The van der Waals surface area contributed by atoms with Gasteiger partial charge >= 0.3 is 0 Å². The van der Waals surface area contributed by atoms with Gasteiger partial charge in [-0.25, -0.2) is 0 Å². The van der Waals surface area contributed by atoms with Crippen molar-refractivity contribution in [2.24, 2.45) is 0 Å². The lowest BCUT2D eigenvalue weighted by Gasteiger charge is -2.17. The first kappa shape index (κ1) is 14.6. The molecule has 1 aromatic rings. The third-order valence-corrected chi connectivity index (χ3v) is 3.58. The van der Waals surface area contributed by atoms with E-state index in [1.807, 2.05) is 13.0 Å². The van der Waals surface area contributed by atoms with E-state index in [9.17, 15) is 5.11 Å². The first-order valence-corrected chi connectivity index (χ1v) is 7.34. The molecule has 1 aliphatic heterocycles. The van der Waals surface area contributed by atoms with E-state index < -0.39 is 0 Å². The van der Waals surface area contributed by atoms with Gasteiger partial charge in [0.05, 0.1) is 23.8 Å². The van der Waals surface area contributed by atoms with Gasteiger partial charge in [-0.2, -0.15) is 0 Å². The van der Waals surface area contributed by atoms with Crippen molar-refractivity contribution in [1.29, 1.82) is 0 Å². The summed E-state index contributed by atoms with van der Waals surface area (Å²) < 4.78 is 17.7. The number of halogens is 1. The quantitative estimate of drug-likeness (QED) is 0.871. The molecule has 1 atom stereocenters. The Kier molecular flexibility index (Phi) is 5.48. The van der Waals surface area contributed by atoms with E-state index in [0.717, 1.165) is 29.5 Å². The Morgan fingerprint density at radius 1 is 1.42 bits per heavy atom. The molecule has 0 amide bonds. The second kappa shape index (κ2) is 7.12. The van der Waals surface area contributed by atoms with Crippen molar-refractivity contribution in [3.05, 3.63) is 22.2 Å². The lowest BCUT2D eigenvalue weighted by atomic mass is 10.2. The van der Waals surface area contributed by atoms with Crippen LogP contribution in [-0.2, 0) is 11.3 Å². The topological polar surface area (TPSA) is 47.9 Å². The Hall–Kier alpha value is -0.780. The highest BCUT2D eigenvalue weighted by Gasteiger charge is 2.18. The second-order valence-corrected chi connectivity index (χ2v) is 5.30. The lowest BCUT2D eigenvalue weighted by molar-refractivity contribution is 0.0664. The molecule has 2 rings (SSSR count). The molecule has 0 spiro atoms. The largest absolute Gasteiger partial charge is 0.490 e. The summed E-state index contributed by atoms with van der Waals surface area (Å²) in [4.78, 5) is 0. The summed E-state index contributed by atoms with van der Waals surface area (Å²) in [5.74, 6) is 1.33. The molecule has 4 nitrogen and oxygen atoms in total. The standard InChI is InChI=1S/C14H19BrO4/c1-2-17-13-7-10(8-16)6-12(15)14(13)19-9-11-4-3-5-18-11/h6-7,11,16H,2-5,8-9H2,1H3. The second-order valence-electron chi connectivity index (χ2n) is 4.44. The highest BCUT2D eigenvalue weighted by atomic mass is 79.9. The predicted octanol–water partition coefficient (Wildman–Crippen LogP) is 2.90. The van der Waals surface area contributed by atoms with Crippen LogP contribution in [0.2, 0.25) is 0 Å². The molecule has 1 heterocycles. The number of hydrogen-bond donors (Lipinski definition) is 1. The van der Waals surface area contributed by atoms with Crippen molar-refractivity contribution >= 4 is 15.9 Å². The summed E-state index contributed by atoms with van der Waals surface area (Å²) in [5, 5.41) is 9.21. The van der Waals surface area contributed by atoms with Crippen LogP contribution in [0.1, 0.15) is 25.3 Å². The maximum absolute atomic E-state index is 9.21. The molecule has 19 heavy (non-hydrogen) atoms. The Morgan fingerprint density at radius 3 is 2.89 bits per heavy atom. The molecule has 0 aliphatic carbocycles. The number of benzene rings is 1. The van der Waals surface area contributed by atoms with Gasteiger partial charge in [0.2, 0.25) is 0 Å². The average molecular weight is 331 g/mol. The van der Waals surface area contributed by atoms with Crippen molar-refractivity contribution < 1.29 is 19.3 Å². The zero-order valence-corrected chi connectivity index (χ0v) is 12.6. The van der Waals surface area contributed by atoms with Gasteiger partial charge in [-0.15, -0.1) is 0 Å². The number of rotatable bonds is 6. The van der Waals surface area contributed by atoms with Crippen molar-refractivity contribution in [3.8, 4) is 11.5 Å². The molecule has 0 aromatic heterocycles. The van der Waals surface area contributed by atoms with Crippen LogP contribution in [0.4, 0.5) is 0 Å². The number of hydrogen-bond acceptors (Lipinski definition) is 4. The highest BCUT2D eigenvalue weighted by Crippen LogP contribution is 2.37. The van der Waals surface area contributed by atoms with Crippen LogP contribution in [0.25, 0.3) is 0 Å². The molecule has 1 saturated heterocycles. The number of aliphatic hydroxyl groups is 1. The molecule has 1 N–H and O–H groups in total. The van der Waals surface area contributed by atoms with Crippen LogP contribution in [0.3, 0.4) is 0 Å². The molecular formula is C14H19BrO4. The Bertz CT molecular complexity index is 416. The molecule has 0 radical (unpaired) electrons. The molecule has 5 heteroatoms. The van der Waals surface area contributed by atoms with Gasteiger partial charge in [0.15, 0.2) is 11.5 Å². The summed E-state index contributed by atoms with van der Waals surface area (Å²) in [5.41, 5.74) is 0.791. The van der Waals surface area contributed by atoms with E-state index in [-0.39, 0.29) is 12.7 Å². The van der Waals surface area contributed by atoms with E-state index in [1.165, 1.54) is 0 Å². The van der Waals surface area contributed by atoms with Crippen LogP contribution < -0.4 is 9.47 Å². The van der Waals surface area contributed by atoms with Crippen molar-refractivity contribution in [1.82, 2.24) is 0 Å².